The molecule has 2 aliphatic heterocycles. The van der Waals surface area contributed by atoms with Gasteiger partial charge in [0, 0.05) is 25.8 Å². The van der Waals surface area contributed by atoms with E-state index >= 15 is 0 Å². The quantitative estimate of drug-likeness (QED) is 0.271. The molecule has 4 rings (SSSR count). The highest BCUT2D eigenvalue weighted by atomic mass is 127. The Balaban J connectivity index is 0.00000256. The van der Waals surface area contributed by atoms with E-state index in [1.807, 2.05) is 27.1 Å². The Hall–Kier alpha value is -1.78. The Morgan fingerprint density at radius 2 is 1.83 bits per heavy atom. The summed E-state index contributed by atoms with van der Waals surface area (Å²) in [5.74, 6) is -0.887. The normalized spacial score (nSPS) is 14.8. The topological polar surface area (TPSA) is 59.7 Å². The molecule has 1 N–H and O–H groups in total. The molecule has 30 heavy (non-hydrogen) atoms. The lowest BCUT2D eigenvalue weighted by Crippen LogP contribution is -3.00. The molecule has 1 aliphatic carbocycles. The van der Waals surface area contributed by atoms with Gasteiger partial charge in [-0.3, -0.25) is 4.90 Å². The average Bonchev–Trinajstić information content (AvgIpc) is 2.67. The smallest absolute Gasteiger partial charge is 0.344 e. The van der Waals surface area contributed by atoms with Crippen LogP contribution in [0.15, 0.2) is 18.2 Å². The number of anilines is 1. The van der Waals surface area contributed by atoms with Crippen LogP contribution in [0.4, 0.5) is 5.69 Å². The lowest BCUT2D eigenvalue weighted by Gasteiger charge is -2.21. The van der Waals surface area contributed by atoms with E-state index in [9.17, 15) is 9.90 Å². The Morgan fingerprint density at radius 3 is 2.43 bits per heavy atom. The highest BCUT2D eigenvalue weighted by Gasteiger charge is 2.27. The molecule has 0 amide bonds. The lowest BCUT2D eigenvalue weighted by atomic mass is 10.0. The molecule has 0 spiro atoms. The number of likely N-dealkylation sites (N-methyl/N-ethyl adjacent to an activating group) is 1. The van der Waals surface area contributed by atoms with Gasteiger partial charge in [0.25, 0.3) is 0 Å². The first-order valence-corrected chi connectivity index (χ1v) is 10.6. The largest absolute Gasteiger partial charge is 1.00 e. The minimum Gasteiger partial charge on any atom is -1.00 e. The van der Waals surface area contributed by atoms with Crippen molar-refractivity contribution in [3.8, 4) is 10.6 Å². The van der Waals surface area contributed by atoms with Crippen molar-refractivity contribution in [1.29, 1.82) is 0 Å². The number of benzene rings is 2. The molecule has 2 heterocycles. The van der Waals surface area contributed by atoms with Gasteiger partial charge >= 0.3 is 5.97 Å². The molecule has 1 aromatic carbocycles. The number of hydrogen-bond acceptors (Lipinski definition) is 5. The Morgan fingerprint density at radius 1 is 1.17 bits per heavy atom. The van der Waals surface area contributed by atoms with Gasteiger partial charge in [0.1, 0.15) is 5.56 Å². The molecule has 1 saturated heterocycles. The molecule has 160 valence electrons. The van der Waals surface area contributed by atoms with Crippen molar-refractivity contribution in [3.05, 3.63) is 40.2 Å². The number of aromatic nitrogens is 1. The second-order valence-corrected chi connectivity index (χ2v) is 9.13. The second-order valence-electron chi connectivity index (χ2n) is 8.08. The minimum absolute atomic E-state index is 0. The molecule has 8 heteroatoms. The first-order valence-electron chi connectivity index (χ1n) is 9.82. The van der Waals surface area contributed by atoms with E-state index in [0.717, 1.165) is 69.1 Å². The predicted molar refractivity (Wildman–Crippen MR) is 120 cm³/mol. The van der Waals surface area contributed by atoms with Crippen molar-refractivity contribution in [1.82, 2.24) is 14.5 Å². The van der Waals surface area contributed by atoms with E-state index < -0.39 is 5.97 Å². The van der Waals surface area contributed by atoms with Crippen LogP contribution in [0.1, 0.15) is 21.5 Å². The van der Waals surface area contributed by atoms with Crippen LogP contribution in [0.2, 0.25) is 0 Å². The maximum atomic E-state index is 12.4. The molecular formula is C22H27IN4O2S. The van der Waals surface area contributed by atoms with Crippen LogP contribution in [0.3, 0.4) is 0 Å². The van der Waals surface area contributed by atoms with Crippen LogP contribution >= 0.6 is 11.3 Å². The standard InChI is InChI=1S/C22H26N4O2S.HI/c1-13-10-15(24(3)4)12-17-19(13)23-20-14(2)11-16(18(22(27)28)21(20)29-17)26-8-6-25(5)7-9-26;/h10-12H,6-9H2,1-5H3;1H. The monoisotopic (exact) mass is 538 g/mol. The summed E-state index contributed by atoms with van der Waals surface area (Å²) in [4.78, 5) is 22.4. The van der Waals surface area contributed by atoms with E-state index in [2.05, 4.69) is 40.5 Å². The van der Waals surface area contributed by atoms with Crippen molar-refractivity contribution < 1.29 is 33.9 Å². The molecular weight excluding hydrogens is 511 g/mol. The highest BCUT2D eigenvalue weighted by Crippen LogP contribution is 2.37. The maximum Gasteiger partial charge on any atom is 0.344 e. The van der Waals surface area contributed by atoms with Gasteiger partial charge in [0.2, 0.25) is 5.36 Å². The summed E-state index contributed by atoms with van der Waals surface area (Å²) >= 11 is 1.54. The van der Waals surface area contributed by atoms with Gasteiger partial charge in [0.05, 0.1) is 33.9 Å². The van der Waals surface area contributed by atoms with E-state index in [4.69, 9.17) is 4.98 Å². The zero-order valence-corrected chi connectivity index (χ0v) is 21.0. The predicted octanol–water partition coefficient (Wildman–Crippen LogP) is -0.496. The molecule has 0 bridgehead atoms. The zero-order valence-electron chi connectivity index (χ0n) is 18.0. The van der Waals surface area contributed by atoms with Crippen LogP contribution < -0.4 is 38.8 Å². The SMILES string of the molecule is Cc1cc(=[N+]2CCN(C)CC2)c(C(=O)O)c2sc3cc(N(C)C)cc(C)c3nc1-2.[I-]. The summed E-state index contributed by atoms with van der Waals surface area (Å²) in [6, 6.07) is 6.23. The molecule has 1 aromatic rings. The Bertz CT molecular complexity index is 1160. The Labute approximate surface area is 197 Å². The number of carboxylic acids is 1. The summed E-state index contributed by atoms with van der Waals surface area (Å²) < 4.78 is 3.22. The van der Waals surface area contributed by atoms with Gasteiger partial charge in [-0.25, -0.2) is 14.4 Å². The molecule has 0 radical (unpaired) electrons. The first kappa shape index (κ1) is 22.9. The van der Waals surface area contributed by atoms with E-state index in [1.165, 1.54) is 11.3 Å². The van der Waals surface area contributed by atoms with Gasteiger partial charge < -0.3 is 34.0 Å². The highest BCUT2D eigenvalue weighted by molar-refractivity contribution is 7.21. The molecule has 3 aliphatic rings. The number of rotatable bonds is 2. The molecule has 6 nitrogen and oxygen atoms in total. The molecule has 0 aromatic heterocycles. The fourth-order valence-corrected chi connectivity index (χ4v) is 5.23. The number of aromatic carboxylic acids is 1. The van der Waals surface area contributed by atoms with E-state index in [0.29, 0.717) is 5.56 Å². The fraction of sp³-hybridized carbons (Fsp3) is 0.409. The number of halogens is 1. The number of carboxylic acid groups (broad SMARTS) is 1. The second kappa shape index (κ2) is 8.76. The Kier molecular flexibility index (Phi) is 6.69. The third-order valence-electron chi connectivity index (χ3n) is 5.69. The van der Waals surface area contributed by atoms with Crippen LogP contribution in [-0.4, -0.2) is 68.3 Å². The van der Waals surface area contributed by atoms with Crippen molar-refractivity contribution in [2.75, 3.05) is 52.2 Å². The van der Waals surface area contributed by atoms with Crippen molar-refractivity contribution in [2.45, 2.75) is 13.8 Å². The van der Waals surface area contributed by atoms with Crippen LogP contribution in [0.5, 0.6) is 0 Å². The number of piperazine rings is 1. The van der Waals surface area contributed by atoms with Gasteiger partial charge in [-0.05, 0) is 44.2 Å². The minimum atomic E-state index is -0.887. The number of hydrogen-bond donors (Lipinski definition) is 1. The fourth-order valence-electron chi connectivity index (χ4n) is 3.93. The summed E-state index contributed by atoms with van der Waals surface area (Å²) in [7, 11) is 6.12. The van der Waals surface area contributed by atoms with Crippen LogP contribution in [0.25, 0.3) is 20.8 Å². The summed E-state index contributed by atoms with van der Waals surface area (Å²) in [5, 5.41) is 11.0. The molecule has 0 unspecified atom stereocenters. The first-order chi connectivity index (χ1) is 13.8. The number of nitrogens with zero attached hydrogens (tertiary/aromatic N) is 4. The van der Waals surface area contributed by atoms with Gasteiger partial charge in [0.15, 0.2) is 13.1 Å². The van der Waals surface area contributed by atoms with E-state index in [1.54, 1.807) is 0 Å². The van der Waals surface area contributed by atoms with Gasteiger partial charge in [-0.15, -0.1) is 11.3 Å². The number of aryl methyl sites for hydroxylation is 2. The van der Waals surface area contributed by atoms with Crippen LogP contribution in [-0.2, 0) is 0 Å². The van der Waals surface area contributed by atoms with Gasteiger partial charge in [-0.1, -0.05) is 0 Å². The summed E-state index contributed by atoms with van der Waals surface area (Å²) in [6.45, 7) is 7.62. The number of fused-ring (bicyclic) bond motifs is 2. The lowest BCUT2D eigenvalue weighted by molar-refractivity contribution is -0.0000217. The average molecular weight is 538 g/mol. The molecule has 1 fully saturated rings. The maximum absolute atomic E-state index is 12.4. The number of carbonyl (C=O) groups is 1. The third kappa shape index (κ3) is 4.04. The van der Waals surface area contributed by atoms with E-state index in [-0.39, 0.29) is 24.0 Å². The third-order valence-corrected chi connectivity index (χ3v) is 6.82. The van der Waals surface area contributed by atoms with Crippen molar-refractivity contribution >= 4 is 33.2 Å². The van der Waals surface area contributed by atoms with Crippen molar-refractivity contribution in [3.63, 3.8) is 0 Å². The molecule has 0 saturated carbocycles. The van der Waals surface area contributed by atoms with Crippen molar-refractivity contribution in [2.24, 2.45) is 0 Å². The summed E-state index contributed by atoms with van der Waals surface area (Å²) in [6.07, 6.45) is 0. The molecule has 0 atom stereocenters. The summed E-state index contributed by atoms with van der Waals surface area (Å²) in [5.41, 5.74) is 5.33. The zero-order chi connectivity index (χ0) is 20.9. The van der Waals surface area contributed by atoms with Crippen LogP contribution in [0, 0.1) is 13.8 Å². The van der Waals surface area contributed by atoms with Gasteiger partial charge in [-0.2, -0.15) is 0 Å².